The molecule has 1 aliphatic carbocycles. The number of phenolic OH excluding ortho intramolecular Hbond substituents is 1. The molecular weight excluding hydrogens is 234 g/mol. The molecule has 19 heavy (non-hydrogen) atoms. The number of anilines is 1. The van der Waals surface area contributed by atoms with E-state index in [9.17, 15) is 5.11 Å². The Labute approximate surface area is 117 Å². The maximum atomic E-state index is 9.56. The van der Waals surface area contributed by atoms with Gasteiger partial charge >= 0.3 is 0 Å². The van der Waals surface area contributed by atoms with Crippen LogP contribution >= 0.6 is 0 Å². The topological polar surface area (TPSA) is 32.3 Å². The van der Waals surface area contributed by atoms with Crippen LogP contribution < -0.4 is 5.32 Å². The molecule has 1 aromatic carbocycles. The average Bonchev–Trinajstić information content (AvgIpc) is 2.59. The Balaban J connectivity index is 1.94. The van der Waals surface area contributed by atoms with E-state index >= 15 is 0 Å². The van der Waals surface area contributed by atoms with Gasteiger partial charge < -0.3 is 10.4 Å². The van der Waals surface area contributed by atoms with Gasteiger partial charge in [-0.2, -0.15) is 0 Å². The van der Waals surface area contributed by atoms with E-state index in [0.717, 1.165) is 23.1 Å². The molecule has 1 saturated carbocycles. The molecule has 1 aliphatic rings. The molecule has 0 radical (unpaired) electrons. The van der Waals surface area contributed by atoms with Crippen LogP contribution in [0, 0.1) is 18.8 Å². The predicted octanol–water partition coefficient (Wildman–Crippen LogP) is 4.72. The first-order valence-corrected chi connectivity index (χ1v) is 7.62. The summed E-state index contributed by atoms with van der Waals surface area (Å²) in [7, 11) is 0. The lowest BCUT2D eigenvalue weighted by Gasteiger charge is -2.20. The Bertz CT molecular complexity index is 414. The molecule has 2 nitrogen and oxygen atoms in total. The maximum absolute atomic E-state index is 9.56. The Morgan fingerprint density at radius 3 is 2.63 bits per heavy atom. The van der Waals surface area contributed by atoms with Crippen molar-refractivity contribution in [1.82, 2.24) is 0 Å². The highest BCUT2D eigenvalue weighted by atomic mass is 16.3. The average molecular weight is 261 g/mol. The zero-order chi connectivity index (χ0) is 13.8. The van der Waals surface area contributed by atoms with Gasteiger partial charge in [0.2, 0.25) is 0 Å². The van der Waals surface area contributed by atoms with Crippen molar-refractivity contribution in [3.05, 3.63) is 23.8 Å². The van der Waals surface area contributed by atoms with Crippen molar-refractivity contribution in [2.24, 2.45) is 11.8 Å². The fourth-order valence-corrected chi connectivity index (χ4v) is 3.12. The van der Waals surface area contributed by atoms with Crippen LogP contribution in [0.5, 0.6) is 5.75 Å². The summed E-state index contributed by atoms with van der Waals surface area (Å²) < 4.78 is 0. The van der Waals surface area contributed by atoms with Crippen molar-refractivity contribution in [3.8, 4) is 5.75 Å². The summed E-state index contributed by atoms with van der Waals surface area (Å²) in [6.07, 6.45) is 6.58. The van der Waals surface area contributed by atoms with E-state index in [1.807, 2.05) is 19.1 Å². The molecular formula is C17H27NO. The monoisotopic (exact) mass is 261 g/mol. The summed E-state index contributed by atoms with van der Waals surface area (Å²) in [5, 5.41) is 13.2. The van der Waals surface area contributed by atoms with Gasteiger partial charge in [0.1, 0.15) is 5.75 Å². The smallest absolute Gasteiger partial charge is 0.118 e. The van der Waals surface area contributed by atoms with E-state index in [1.54, 1.807) is 6.07 Å². The Kier molecular flexibility index (Phi) is 4.73. The number of hydrogen-bond donors (Lipinski definition) is 2. The number of hydrogen-bond acceptors (Lipinski definition) is 2. The molecule has 2 rings (SSSR count). The largest absolute Gasteiger partial charge is 0.508 e. The zero-order valence-corrected chi connectivity index (χ0v) is 12.4. The molecule has 0 bridgehead atoms. The lowest BCUT2D eigenvalue weighted by Crippen LogP contribution is -2.18. The van der Waals surface area contributed by atoms with Crippen LogP contribution in [0.25, 0.3) is 0 Å². The normalized spacial score (nSPS) is 24.2. The minimum atomic E-state index is 0.381. The molecule has 0 saturated heterocycles. The maximum Gasteiger partial charge on any atom is 0.118 e. The molecule has 1 aromatic rings. The number of phenols is 1. The van der Waals surface area contributed by atoms with Crippen LogP contribution in [0.2, 0.25) is 0 Å². The molecule has 0 aromatic heterocycles. The lowest BCUT2D eigenvalue weighted by molar-refractivity contribution is 0.341. The minimum Gasteiger partial charge on any atom is -0.508 e. The first-order chi connectivity index (χ1) is 9.06. The third-order valence-electron chi connectivity index (χ3n) is 4.52. The summed E-state index contributed by atoms with van der Waals surface area (Å²) in [6, 6.07) is 6.39. The molecule has 0 amide bonds. The third kappa shape index (κ3) is 3.89. The number of aromatic hydroxyl groups is 1. The van der Waals surface area contributed by atoms with Crippen LogP contribution in [-0.2, 0) is 0 Å². The van der Waals surface area contributed by atoms with Gasteiger partial charge in [-0.3, -0.25) is 0 Å². The number of benzene rings is 1. The molecule has 0 heterocycles. The van der Waals surface area contributed by atoms with Crippen LogP contribution in [0.4, 0.5) is 5.69 Å². The van der Waals surface area contributed by atoms with E-state index < -0.39 is 0 Å². The van der Waals surface area contributed by atoms with Crippen molar-refractivity contribution in [2.75, 3.05) is 5.32 Å². The van der Waals surface area contributed by atoms with Crippen LogP contribution in [-0.4, -0.2) is 11.1 Å². The molecule has 1 fully saturated rings. The van der Waals surface area contributed by atoms with Gasteiger partial charge in [-0.05, 0) is 61.8 Å². The quantitative estimate of drug-likeness (QED) is 0.609. The second kappa shape index (κ2) is 6.31. The summed E-state index contributed by atoms with van der Waals surface area (Å²) >= 11 is 0. The predicted molar refractivity (Wildman–Crippen MR) is 81.7 cm³/mol. The van der Waals surface area contributed by atoms with Crippen molar-refractivity contribution >= 4 is 5.69 Å². The fourth-order valence-electron chi connectivity index (χ4n) is 3.12. The molecule has 0 spiro atoms. The summed E-state index contributed by atoms with van der Waals surface area (Å²) in [5.41, 5.74) is 2.09. The fraction of sp³-hybridized carbons (Fsp3) is 0.647. The molecule has 2 unspecified atom stereocenters. The Morgan fingerprint density at radius 1 is 1.16 bits per heavy atom. The van der Waals surface area contributed by atoms with Gasteiger partial charge in [0.25, 0.3) is 0 Å². The Morgan fingerprint density at radius 2 is 1.95 bits per heavy atom. The van der Waals surface area contributed by atoms with Gasteiger partial charge in [-0.1, -0.05) is 26.7 Å². The Hall–Kier alpha value is -1.18. The summed E-state index contributed by atoms with van der Waals surface area (Å²) in [6.45, 7) is 6.64. The van der Waals surface area contributed by atoms with Crippen molar-refractivity contribution in [1.29, 1.82) is 0 Å². The highest BCUT2D eigenvalue weighted by Crippen LogP contribution is 2.30. The summed E-state index contributed by atoms with van der Waals surface area (Å²) in [4.78, 5) is 0. The molecule has 106 valence electrons. The van der Waals surface area contributed by atoms with Gasteiger partial charge in [0.15, 0.2) is 0 Å². The standard InChI is InChI=1S/C17H27NO/c1-12(2)14-5-4-6-15(8-7-14)18-16-9-10-17(19)13(3)11-16/h9-12,14-15,18-19H,4-8H2,1-3H3. The zero-order valence-electron chi connectivity index (χ0n) is 12.4. The van der Waals surface area contributed by atoms with E-state index in [-0.39, 0.29) is 0 Å². The van der Waals surface area contributed by atoms with E-state index in [1.165, 1.54) is 32.1 Å². The number of aryl methyl sites for hydroxylation is 1. The van der Waals surface area contributed by atoms with Crippen molar-refractivity contribution in [2.45, 2.75) is 58.9 Å². The highest BCUT2D eigenvalue weighted by Gasteiger charge is 2.20. The van der Waals surface area contributed by atoms with Gasteiger partial charge in [0, 0.05) is 11.7 Å². The van der Waals surface area contributed by atoms with E-state index in [0.29, 0.717) is 11.8 Å². The molecule has 2 N–H and O–H groups in total. The number of rotatable bonds is 3. The van der Waals surface area contributed by atoms with E-state index in [2.05, 4.69) is 19.2 Å². The van der Waals surface area contributed by atoms with Gasteiger partial charge in [-0.25, -0.2) is 0 Å². The minimum absolute atomic E-state index is 0.381. The van der Waals surface area contributed by atoms with Crippen LogP contribution in [0.3, 0.4) is 0 Å². The molecule has 0 aliphatic heterocycles. The SMILES string of the molecule is Cc1cc(NC2CCCC(C(C)C)CC2)ccc1O. The van der Waals surface area contributed by atoms with Crippen LogP contribution in [0.1, 0.15) is 51.5 Å². The van der Waals surface area contributed by atoms with Crippen molar-refractivity contribution < 1.29 is 5.11 Å². The lowest BCUT2D eigenvalue weighted by atomic mass is 9.89. The van der Waals surface area contributed by atoms with Crippen LogP contribution in [0.15, 0.2) is 18.2 Å². The van der Waals surface area contributed by atoms with Gasteiger partial charge in [0.05, 0.1) is 0 Å². The first kappa shape index (κ1) is 14.2. The van der Waals surface area contributed by atoms with Gasteiger partial charge in [-0.15, -0.1) is 0 Å². The molecule has 2 atom stereocenters. The third-order valence-corrected chi connectivity index (χ3v) is 4.52. The highest BCUT2D eigenvalue weighted by molar-refractivity contribution is 5.50. The summed E-state index contributed by atoms with van der Waals surface area (Å²) in [5.74, 6) is 2.09. The second-order valence-corrected chi connectivity index (χ2v) is 6.35. The number of nitrogens with one attached hydrogen (secondary N) is 1. The molecule has 2 heteroatoms. The first-order valence-electron chi connectivity index (χ1n) is 7.62. The van der Waals surface area contributed by atoms with E-state index in [4.69, 9.17) is 0 Å². The van der Waals surface area contributed by atoms with Crippen molar-refractivity contribution in [3.63, 3.8) is 0 Å². The second-order valence-electron chi connectivity index (χ2n) is 6.35.